The first-order chi connectivity index (χ1) is 9.20. The Morgan fingerprint density at radius 2 is 1.90 bits per heavy atom. The van der Waals surface area contributed by atoms with E-state index in [0.29, 0.717) is 6.07 Å². The van der Waals surface area contributed by atoms with E-state index >= 15 is 0 Å². The number of hydrogen-bond acceptors (Lipinski definition) is 2. The third-order valence-electron chi connectivity index (χ3n) is 2.52. The third kappa shape index (κ3) is 2.60. The van der Waals surface area contributed by atoms with Gasteiger partial charge in [0.05, 0.1) is 10.6 Å². The van der Waals surface area contributed by atoms with Gasteiger partial charge in [0, 0.05) is 6.07 Å². The quantitative estimate of drug-likeness (QED) is 0.508. The molecule has 0 aliphatic carbocycles. The highest BCUT2D eigenvalue weighted by atomic mass is 35.5. The van der Waals surface area contributed by atoms with Crippen LogP contribution >= 0.6 is 11.6 Å². The molecule has 1 aromatic carbocycles. The number of nitrogens with zero attached hydrogens (tertiary/aromatic N) is 1. The van der Waals surface area contributed by atoms with Crippen LogP contribution in [0.15, 0.2) is 24.3 Å². The van der Waals surface area contributed by atoms with Gasteiger partial charge < -0.3 is 10.1 Å². The second-order valence-corrected chi connectivity index (χ2v) is 4.24. The number of nitro groups is 1. The highest BCUT2D eigenvalue weighted by molar-refractivity contribution is 6.31. The summed E-state index contributed by atoms with van der Waals surface area (Å²) in [7, 11) is 0. The third-order valence-corrected chi connectivity index (χ3v) is 2.81. The van der Waals surface area contributed by atoms with Crippen molar-refractivity contribution in [2.24, 2.45) is 0 Å². The van der Waals surface area contributed by atoms with Gasteiger partial charge >= 0.3 is 12.0 Å². The molecule has 106 valence electrons. The Morgan fingerprint density at radius 1 is 1.25 bits per heavy atom. The Balaban J connectivity index is 2.63. The van der Waals surface area contributed by atoms with Gasteiger partial charge in [-0.1, -0.05) is 17.7 Å². The molecule has 0 bridgehead atoms. The average molecular weight is 309 g/mol. The summed E-state index contributed by atoms with van der Waals surface area (Å²) in [4.78, 5) is 11.5. The van der Waals surface area contributed by atoms with Gasteiger partial charge in [-0.2, -0.15) is 13.2 Å². The maximum Gasteiger partial charge on any atom is 0.453 e. The molecule has 0 fully saturated rings. The Labute approximate surface area is 114 Å². The van der Waals surface area contributed by atoms with Crippen molar-refractivity contribution in [3.05, 3.63) is 50.9 Å². The minimum atomic E-state index is -4.76. The van der Waals surface area contributed by atoms with E-state index in [1.807, 2.05) is 0 Å². The van der Waals surface area contributed by atoms with Crippen LogP contribution in [0.3, 0.4) is 0 Å². The van der Waals surface area contributed by atoms with Crippen LogP contribution in [-0.4, -0.2) is 9.91 Å². The van der Waals surface area contributed by atoms with Crippen LogP contribution < -0.4 is 0 Å². The van der Waals surface area contributed by atoms with Crippen molar-refractivity contribution in [2.75, 3.05) is 0 Å². The minimum Gasteiger partial charge on any atom is -0.358 e. The Hall–Kier alpha value is -2.09. The van der Waals surface area contributed by atoms with Crippen LogP contribution in [0.5, 0.6) is 0 Å². The van der Waals surface area contributed by atoms with Crippen LogP contribution in [0, 0.1) is 15.9 Å². The molecule has 4 nitrogen and oxygen atoms in total. The van der Waals surface area contributed by atoms with Gasteiger partial charge in [-0.3, -0.25) is 0 Å². The van der Waals surface area contributed by atoms with Crippen molar-refractivity contribution in [1.82, 2.24) is 4.98 Å². The monoisotopic (exact) mass is 308 g/mol. The van der Waals surface area contributed by atoms with Crippen molar-refractivity contribution < 1.29 is 22.5 Å². The molecular formula is C11H5ClF4N2O2. The summed E-state index contributed by atoms with van der Waals surface area (Å²) in [6.07, 6.45) is -4.76. The van der Waals surface area contributed by atoms with Crippen LogP contribution in [0.2, 0.25) is 5.02 Å². The minimum absolute atomic E-state index is 0.00912. The van der Waals surface area contributed by atoms with Gasteiger partial charge in [-0.05, 0) is 22.6 Å². The lowest BCUT2D eigenvalue weighted by atomic mass is 10.1. The molecule has 9 heteroatoms. The normalized spacial score (nSPS) is 11.7. The molecule has 2 aromatic rings. The summed E-state index contributed by atoms with van der Waals surface area (Å²) in [6.45, 7) is 0. The predicted molar refractivity (Wildman–Crippen MR) is 62.9 cm³/mol. The predicted octanol–water partition coefficient (Wildman–Crippen LogP) is 4.40. The Bertz CT molecular complexity index is 682. The average Bonchev–Trinajstić information content (AvgIpc) is 2.77. The van der Waals surface area contributed by atoms with E-state index < -0.39 is 28.4 Å². The number of rotatable bonds is 2. The summed E-state index contributed by atoms with van der Waals surface area (Å²) in [6, 6.07) is 3.63. The van der Waals surface area contributed by atoms with E-state index in [2.05, 4.69) is 0 Å². The molecule has 0 saturated carbocycles. The fraction of sp³-hybridized carbons (Fsp3) is 0.0909. The second kappa shape index (κ2) is 4.78. The van der Waals surface area contributed by atoms with Crippen molar-refractivity contribution in [2.45, 2.75) is 6.18 Å². The standard InChI is InChI=1S/C11H5ClF4N2O2/c12-7-3-5(1-2-8(7)13)6-4-9(11(14,15)16)17-10(6)18(19)20/h1-4,17H. The van der Waals surface area contributed by atoms with Crippen LogP contribution in [0.4, 0.5) is 23.4 Å². The van der Waals surface area contributed by atoms with Gasteiger partial charge in [0.25, 0.3) is 0 Å². The van der Waals surface area contributed by atoms with Crippen LogP contribution in [0.1, 0.15) is 5.69 Å². The molecule has 20 heavy (non-hydrogen) atoms. The van der Waals surface area contributed by atoms with E-state index in [1.165, 1.54) is 0 Å². The second-order valence-electron chi connectivity index (χ2n) is 3.83. The summed E-state index contributed by atoms with van der Waals surface area (Å²) >= 11 is 5.52. The number of nitrogens with one attached hydrogen (secondary N) is 1. The van der Waals surface area contributed by atoms with E-state index in [4.69, 9.17) is 11.6 Å². The maximum atomic E-state index is 13.0. The fourth-order valence-electron chi connectivity index (χ4n) is 1.62. The topological polar surface area (TPSA) is 58.9 Å². The van der Waals surface area contributed by atoms with Gasteiger partial charge in [-0.25, -0.2) is 9.37 Å². The van der Waals surface area contributed by atoms with Crippen LogP contribution in [-0.2, 0) is 6.18 Å². The zero-order chi connectivity index (χ0) is 15.1. The summed E-state index contributed by atoms with van der Waals surface area (Å²) in [5.41, 5.74) is -1.57. The lowest BCUT2D eigenvalue weighted by Gasteiger charge is -2.00. The number of halogens is 5. The number of hydrogen-bond donors (Lipinski definition) is 1. The zero-order valence-electron chi connectivity index (χ0n) is 9.46. The molecule has 1 heterocycles. The number of aromatic amines is 1. The van der Waals surface area contributed by atoms with Crippen molar-refractivity contribution in [3.63, 3.8) is 0 Å². The van der Waals surface area contributed by atoms with Gasteiger partial charge in [-0.15, -0.1) is 0 Å². The first kappa shape index (κ1) is 14.3. The number of aromatic nitrogens is 1. The first-order valence-electron chi connectivity index (χ1n) is 5.10. The molecule has 0 saturated heterocycles. The Morgan fingerprint density at radius 3 is 2.40 bits per heavy atom. The number of H-pyrrole nitrogens is 1. The number of benzene rings is 1. The van der Waals surface area contributed by atoms with E-state index in [9.17, 15) is 27.7 Å². The fourth-order valence-corrected chi connectivity index (χ4v) is 1.80. The molecule has 0 spiro atoms. The van der Waals surface area contributed by atoms with E-state index in [1.54, 1.807) is 4.98 Å². The molecule has 0 aliphatic heterocycles. The smallest absolute Gasteiger partial charge is 0.358 e. The van der Waals surface area contributed by atoms with Gasteiger partial charge in [0.2, 0.25) is 5.69 Å². The summed E-state index contributed by atoms with van der Waals surface area (Å²) < 4.78 is 50.7. The SMILES string of the molecule is O=[N+]([O-])c1[nH]c(C(F)(F)F)cc1-c1ccc(F)c(Cl)c1. The van der Waals surface area contributed by atoms with Crippen LogP contribution in [0.25, 0.3) is 11.1 Å². The molecule has 0 amide bonds. The van der Waals surface area contributed by atoms with E-state index in [-0.39, 0.29) is 16.1 Å². The lowest BCUT2D eigenvalue weighted by Crippen LogP contribution is -2.05. The molecule has 2 rings (SSSR count). The summed E-state index contributed by atoms with van der Waals surface area (Å²) in [5.74, 6) is -1.61. The zero-order valence-corrected chi connectivity index (χ0v) is 10.2. The molecule has 0 atom stereocenters. The van der Waals surface area contributed by atoms with Gasteiger partial charge in [0.15, 0.2) is 0 Å². The van der Waals surface area contributed by atoms with Crippen molar-refractivity contribution in [1.29, 1.82) is 0 Å². The molecule has 1 N–H and O–H groups in total. The molecule has 0 radical (unpaired) electrons. The van der Waals surface area contributed by atoms with E-state index in [0.717, 1.165) is 18.2 Å². The maximum absolute atomic E-state index is 13.0. The highest BCUT2D eigenvalue weighted by Crippen LogP contribution is 2.38. The molecule has 0 unspecified atom stereocenters. The molecular weight excluding hydrogens is 304 g/mol. The summed E-state index contributed by atoms with van der Waals surface area (Å²) in [5, 5.41) is 10.4. The number of alkyl halides is 3. The van der Waals surface area contributed by atoms with Crippen molar-refractivity contribution in [3.8, 4) is 11.1 Å². The lowest BCUT2D eigenvalue weighted by molar-refractivity contribution is -0.388. The van der Waals surface area contributed by atoms with Crippen molar-refractivity contribution >= 4 is 17.4 Å². The van der Waals surface area contributed by atoms with Gasteiger partial charge in [0.1, 0.15) is 5.82 Å². The largest absolute Gasteiger partial charge is 0.453 e. The molecule has 0 aliphatic rings. The molecule has 1 aromatic heterocycles. The highest BCUT2D eigenvalue weighted by Gasteiger charge is 2.38. The Kier molecular flexibility index (Phi) is 3.43. The first-order valence-corrected chi connectivity index (χ1v) is 5.48.